The van der Waals surface area contributed by atoms with Gasteiger partial charge in [0.05, 0.1) is 10.5 Å². The summed E-state index contributed by atoms with van der Waals surface area (Å²) in [5.41, 5.74) is 1.74. The molecule has 0 spiro atoms. The van der Waals surface area contributed by atoms with Crippen molar-refractivity contribution < 1.29 is 13.2 Å². The maximum absolute atomic E-state index is 12.7. The third-order valence-corrected chi connectivity index (χ3v) is 5.72. The molecule has 11 heteroatoms. The van der Waals surface area contributed by atoms with Gasteiger partial charge in [0.15, 0.2) is 0 Å². The lowest BCUT2D eigenvalue weighted by Gasteiger charge is -2.08. The molecule has 3 N–H and O–H groups in total. The van der Waals surface area contributed by atoms with Crippen molar-refractivity contribution in [2.24, 2.45) is 5.14 Å². The van der Waals surface area contributed by atoms with Crippen molar-refractivity contribution in [2.75, 3.05) is 5.32 Å². The first-order valence-electron chi connectivity index (χ1n) is 7.05. The van der Waals surface area contributed by atoms with Crippen LogP contribution in [0.4, 0.5) is 5.69 Å². The second-order valence-corrected chi connectivity index (χ2v) is 8.01. The number of benzene rings is 1. The van der Waals surface area contributed by atoms with Crippen LogP contribution >= 0.6 is 11.3 Å². The van der Waals surface area contributed by atoms with Crippen molar-refractivity contribution in [3.8, 4) is 5.00 Å². The summed E-state index contributed by atoms with van der Waals surface area (Å²) >= 11 is 1.41. The van der Waals surface area contributed by atoms with Crippen LogP contribution in [0, 0.1) is 13.8 Å². The van der Waals surface area contributed by atoms with E-state index in [1.54, 1.807) is 0 Å². The van der Waals surface area contributed by atoms with E-state index in [1.165, 1.54) is 46.6 Å². The average molecular weight is 378 g/mol. The molecule has 0 saturated heterocycles. The molecule has 0 saturated carbocycles. The van der Waals surface area contributed by atoms with Gasteiger partial charge in [-0.2, -0.15) is 4.68 Å². The van der Waals surface area contributed by atoms with E-state index < -0.39 is 10.0 Å². The number of tetrazole rings is 1. The summed E-state index contributed by atoms with van der Waals surface area (Å²) in [5, 5.41) is 19.4. The Labute approximate surface area is 147 Å². The molecule has 0 atom stereocenters. The first-order valence-corrected chi connectivity index (χ1v) is 9.41. The van der Waals surface area contributed by atoms with Gasteiger partial charge in [-0.15, -0.1) is 16.4 Å². The third-order valence-electron chi connectivity index (χ3n) is 3.59. The summed E-state index contributed by atoms with van der Waals surface area (Å²) in [6.07, 6.45) is 1.42. The largest absolute Gasteiger partial charge is 0.322 e. The van der Waals surface area contributed by atoms with Gasteiger partial charge >= 0.3 is 0 Å². The first-order chi connectivity index (χ1) is 11.8. The molecule has 0 bridgehead atoms. The van der Waals surface area contributed by atoms with Crippen LogP contribution in [0.5, 0.6) is 0 Å². The number of carbonyl (C=O) groups excluding carboxylic acids is 1. The van der Waals surface area contributed by atoms with Gasteiger partial charge in [0.2, 0.25) is 10.0 Å². The number of hydrogen-bond donors (Lipinski definition) is 2. The maximum atomic E-state index is 12.7. The number of amides is 1. The highest BCUT2D eigenvalue weighted by Gasteiger charge is 2.22. The van der Waals surface area contributed by atoms with Crippen molar-refractivity contribution in [2.45, 2.75) is 18.7 Å². The van der Waals surface area contributed by atoms with Crippen molar-refractivity contribution in [3.05, 3.63) is 46.6 Å². The Kier molecular flexibility index (Phi) is 4.37. The average Bonchev–Trinajstić information content (AvgIpc) is 3.16. The number of thiophene rings is 1. The summed E-state index contributed by atoms with van der Waals surface area (Å²) in [6.45, 7) is 3.75. The molecule has 0 aliphatic rings. The Morgan fingerprint density at radius 3 is 2.48 bits per heavy atom. The number of primary sulfonamides is 1. The minimum absolute atomic E-state index is 0.0255. The Morgan fingerprint density at radius 2 is 1.92 bits per heavy atom. The van der Waals surface area contributed by atoms with Gasteiger partial charge in [0.25, 0.3) is 5.91 Å². The fourth-order valence-corrected chi connectivity index (χ4v) is 3.80. The quantitative estimate of drug-likeness (QED) is 0.702. The molecular formula is C14H14N6O3S2. The van der Waals surface area contributed by atoms with Gasteiger partial charge in [-0.05, 0) is 54.1 Å². The number of nitrogens with zero attached hydrogens (tertiary/aromatic N) is 4. The number of rotatable bonds is 4. The van der Waals surface area contributed by atoms with Crippen LogP contribution in [0.2, 0.25) is 0 Å². The zero-order valence-corrected chi connectivity index (χ0v) is 14.9. The molecule has 0 unspecified atom stereocenters. The van der Waals surface area contributed by atoms with Crippen LogP contribution in [-0.2, 0) is 10.0 Å². The number of nitrogens with one attached hydrogen (secondary N) is 1. The molecule has 3 aromatic rings. The zero-order chi connectivity index (χ0) is 18.2. The number of sulfonamides is 1. The molecular weight excluding hydrogens is 364 g/mol. The molecule has 2 heterocycles. The maximum Gasteiger partial charge on any atom is 0.259 e. The van der Waals surface area contributed by atoms with Crippen LogP contribution < -0.4 is 10.5 Å². The Hall–Kier alpha value is -2.63. The highest BCUT2D eigenvalue weighted by Crippen LogP contribution is 2.30. The second-order valence-electron chi connectivity index (χ2n) is 5.24. The van der Waals surface area contributed by atoms with E-state index in [4.69, 9.17) is 5.14 Å². The van der Waals surface area contributed by atoms with Gasteiger partial charge < -0.3 is 5.32 Å². The monoisotopic (exact) mass is 378 g/mol. The van der Waals surface area contributed by atoms with Gasteiger partial charge in [-0.1, -0.05) is 0 Å². The molecule has 0 fully saturated rings. The Balaban J connectivity index is 1.92. The third kappa shape index (κ3) is 3.43. The molecule has 2 aromatic heterocycles. The minimum Gasteiger partial charge on any atom is -0.322 e. The van der Waals surface area contributed by atoms with Crippen molar-refractivity contribution >= 4 is 33.0 Å². The highest BCUT2D eigenvalue weighted by atomic mass is 32.2. The van der Waals surface area contributed by atoms with E-state index in [-0.39, 0.29) is 10.8 Å². The van der Waals surface area contributed by atoms with Crippen molar-refractivity contribution in [3.63, 3.8) is 0 Å². The standard InChI is InChI=1S/C14H14N6O3S2/c1-8-9(2)24-14(20-7-16-18-19-20)12(8)13(21)17-10-3-5-11(6-4-10)25(15,22)23/h3-7H,1-2H3,(H,17,21)(H2,15,22,23). The lowest BCUT2D eigenvalue weighted by atomic mass is 10.1. The number of aromatic nitrogens is 4. The molecule has 9 nitrogen and oxygen atoms in total. The fourth-order valence-electron chi connectivity index (χ4n) is 2.21. The normalized spacial score (nSPS) is 11.5. The summed E-state index contributed by atoms with van der Waals surface area (Å²) in [5.74, 6) is -0.337. The van der Waals surface area contributed by atoms with E-state index in [0.717, 1.165) is 10.4 Å². The number of hydrogen-bond acceptors (Lipinski definition) is 7. The van der Waals surface area contributed by atoms with Crippen molar-refractivity contribution in [1.29, 1.82) is 0 Å². The molecule has 130 valence electrons. The van der Waals surface area contributed by atoms with E-state index in [1.807, 2.05) is 13.8 Å². The molecule has 1 amide bonds. The first kappa shape index (κ1) is 17.2. The van der Waals surface area contributed by atoms with Crippen LogP contribution in [0.25, 0.3) is 5.00 Å². The van der Waals surface area contributed by atoms with Crippen molar-refractivity contribution in [1.82, 2.24) is 20.2 Å². The predicted octanol–water partition coefficient (Wildman–Crippen LogP) is 1.24. The minimum atomic E-state index is -3.78. The van der Waals surface area contributed by atoms with Crippen LogP contribution in [-0.4, -0.2) is 34.5 Å². The lowest BCUT2D eigenvalue weighted by molar-refractivity contribution is 0.102. The van der Waals surface area contributed by atoms with E-state index in [2.05, 4.69) is 20.8 Å². The van der Waals surface area contributed by atoms with Gasteiger partial charge in [-0.25, -0.2) is 13.6 Å². The smallest absolute Gasteiger partial charge is 0.259 e. The number of anilines is 1. The van der Waals surface area contributed by atoms with E-state index >= 15 is 0 Å². The Morgan fingerprint density at radius 1 is 1.24 bits per heavy atom. The zero-order valence-electron chi connectivity index (χ0n) is 13.3. The van der Waals surface area contributed by atoms with Gasteiger partial charge in [-0.3, -0.25) is 4.79 Å². The predicted molar refractivity (Wildman–Crippen MR) is 92.3 cm³/mol. The SMILES string of the molecule is Cc1sc(-n2cnnn2)c(C(=O)Nc2ccc(S(N)(=O)=O)cc2)c1C. The van der Waals surface area contributed by atoms with Crippen LogP contribution in [0.1, 0.15) is 20.8 Å². The summed E-state index contributed by atoms with van der Waals surface area (Å²) < 4.78 is 24.0. The topological polar surface area (TPSA) is 133 Å². The van der Waals surface area contributed by atoms with Gasteiger partial charge in [0.1, 0.15) is 11.3 Å². The second kappa shape index (κ2) is 6.35. The summed E-state index contributed by atoms with van der Waals surface area (Å²) in [4.78, 5) is 13.7. The molecule has 0 radical (unpaired) electrons. The number of nitrogens with two attached hydrogens (primary N) is 1. The molecule has 3 rings (SSSR count). The van der Waals surface area contributed by atoms with Crippen LogP contribution in [0.3, 0.4) is 0 Å². The van der Waals surface area contributed by atoms with E-state index in [9.17, 15) is 13.2 Å². The highest BCUT2D eigenvalue weighted by molar-refractivity contribution is 7.89. The molecule has 0 aliphatic heterocycles. The van der Waals surface area contributed by atoms with Crippen LogP contribution in [0.15, 0.2) is 35.5 Å². The molecule has 25 heavy (non-hydrogen) atoms. The number of aryl methyl sites for hydroxylation is 1. The lowest BCUT2D eigenvalue weighted by Crippen LogP contribution is -2.16. The summed E-state index contributed by atoms with van der Waals surface area (Å²) in [6, 6.07) is 5.61. The van der Waals surface area contributed by atoms with Gasteiger partial charge in [0, 0.05) is 10.6 Å². The van der Waals surface area contributed by atoms with E-state index in [0.29, 0.717) is 16.3 Å². The number of carbonyl (C=O) groups is 1. The fraction of sp³-hybridized carbons (Fsp3) is 0.143. The summed E-state index contributed by atoms with van der Waals surface area (Å²) in [7, 11) is -3.78. The molecule has 0 aliphatic carbocycles. The Bertz CT molecular complexity index is 1020. The molecule has 1 aromatic carbocycles.